The number of aromatic nitrogens is 6. The molecule has 1 aromatic carbocycles. The van der Waals surface area contributed by atoms with Crippen LogP contribution in [0.25, 0.3) is 22.1 Å². The Kier molecular flexibility index (Phi) is 3.80. The van der Waals surface area contributed by atoms with Gasteiger partial charge in [0.25, 0.3) is 5.56 Å². The molecule has 27 heavy (non-hydrogen) atoms. The molecule has 0 aliphatic rings. The fraction of sp³-hybridized carbons (Fsp3) is 0.368. The van der Waals surface area contributed by atoms with Crippen molar-refractivity contribution in [3.8, 4) is 0 Å². The predicted octanol–water partition coefficient (Wildman–Crippen LogP) is 2.40. The number of rotatable bonds is 3. The Balaban J connectivity index is 1.75. The maximum Gasteiger partial charge on any atom is 0.263 e. The molecule has 140 valence electrons. The number of para-hydroxylation sites is 2. The average Bonchev–Trinajstić information content (AvgIpc) is 3.17. The van der Waals surface area contributed by atoms with E-state index >= 15 is 0 Å². The number of benzene rings is 1. The molecule has 0 unspecified atom stereocenters. The molecule has 4 rings (SSSR count). The Hall–Kier alpha value is -3.16. The van der Waals surface area contributed by atoms with Crippen LogP contribution in [0.3, 0.4) is 0 Å². The van der Waals surface area contributed by atoms with Gasteiger partial charge in [-0.15, -0.1) is 0 Å². The minimum atomic E-state index is -0.268. The molecule has 3 aromatic heterocycles. The first-order valence-corrected chi connectivity index (χ1v) is 8.86. The van der Waals surface area contributed by atoms with Crippen molar-refractivity contribution in [2.45, 2.75) is 32.9 Å². The quantitative estimate of drug-likeness (QED) is 0.603. The highest BCUT2D eigenvalue weighted by molar-refractivity contribution is 5.76. The normalized spacial score (nSPS) is 12.2. The average molecular weight is 365 g/mol. The maximum atomic E-state index is 12.5. The molecular weight excluding hydrogens is 342 g/mol. The lowest BCUT2D eigenvalue weighted by Gasteiger charge is -2.21. The fourth-order valence-electron chi connectivity index (χ4n) is 3.20. The van der Waals surface area contributed by atoms with Gasteiger partial charge in [-0.3, -0.25) is 9.78 Å². The molecule has 0 saturated carbocycles. The molecule has 3 heterocycles. The van der Waals surface area contributed by atoms with Crippen molar-refractivity contribution in [1.82, 2.24) is 29.3 Å². The summed E-state index contributed by atoms with van der Waals surface area (Å²) in [5.74, 6) is 1.39. The third-order valence-electron chi connectivity index (χ3n) is 4.68. The van der Waals surface area contributed by atoms with Crippen LogP contribution in [0, 0.1) is 0 Å². The minimum Gasteiger partial charge on any atom is -0.338 e. The summed E-state index contributed by atoms with van der Waals surface area (Å²) in [6.07, 6.45) is 1.57. The zero-order valence-electron chi connectivity index (χ0n) is 16.2. The van der Waals surface area contributed by atoms with Gasteiger partial charge in [0, 0.05) is 14.1 Å². The summed E-state index contributed by atoms with van der Waals surface area (Å²) in [4.78, 5) is 26.6. The van der Waals surface area contributed by atoms with Crippen molar-refractivity contribution in [1.29, 1.82) is 0 Å². The second kappa shape index (κ2) is 5.94. The number of fused-ring (bicyclic) bond motifs is 2. The number of aryl methyl sites for hydroxylation is 1. The van der Waals surface area contributed by atoms with Crippen LogP contribution in [0.5, 0.6) is 0 Å². The summed E-state index contributed by atoms with van der Waals surface area (Å²) in [6.45, 7) is 6.62. The summed E-state index contributed by atoms with van der Waals surface area (Å²) >= 11 is 0. The molecule has 1 N–H and O–H groups in total. The highest BCUT2D eigenvalue weighted by Gasteiger charge is 2.21. The van der Waals surface area contributed by atoms with E-state index in [2.05, 4.69) is 19.6 Å². The standard InChI is InChI=1S/C19H23N7O/c1-19(2,3)26-16-12(10-20-26)17(27)23-18(22-16)24(4)11-15-21-13-8-6-7-9-14(13)25(15)5/h6-10H,11H2,1-5H3,(H,22,23,27). The zero-order valence-corrected chi connectivity index (χ0v) is 16.2. The summed E-state index contributed by atoms with van der Waals surface area (Å²) in [7, 11) is 3.88. The van der Waals surface area contributed by atoms with Gasteiger partial charge in [-0.05, 0) is 32.9 Å². The van der Waals surface area contributed by atoms with Crippen LogP contribution in [0.15, 0.2) is 35.3 Å². The predicted molar refractivity (Wildman–Crippen MR) is 106 cm³/mol. The summed E-state index contributed by atoms with van der Waals surface area (Å²) in [6, 6.07) is 8.01. The summed E-state index contributed by atoms with van der Waals surface area (Å²) in [5, 5.41) is 4.84. The Labute approximate surface area is 156 Å². The number of imidazole rings is 1. The van der Waals surface area contributed by atoms with Crippen molar-refractivity contribution in [3.05, 3.63) is 46.6 Å². The number of anilines is 1. The lowest BCUT2D eigenvalue weighted by Crippen LogP contribution is -2.27. The molecule has 8 heteroatoms. The molecule has 0 fully saturated rings. The largest absolute Gasteiger partial charge is 0.338 e. The summed E-state index contributed by atoms with van der Waals surface area (Å²) in [5.41, 5.74) is 2.14. The number of hydrogen-bond donors (Lipinski definition) is 1. The van der Waals surface area contributed by atoms with Crippen molar-refractivity contribution < 1.29 is 0 Å². The van der Waals surface area contributed by atoms with Crippen molar-refractivity contribution in [2.75, 3.05) is 11.9 Å². The Morgan fingerprint density at radius 2 is 1.93 bits per heavy atom. The van der Waals surface area contributed by atoms with Crippen LogP contribution in [-0.2, 0) is 19.1 Å². The van der Waals surface area contributed by atoms with Gasteiger partial charge in [0.2, 0.25) is 5.95 Å². The monoisotopic (exact) mass is 365 g/mol. The van der Waals surface area contributed by atoms with E-state index in [1.807, 2.05) is 64.0 Å². The molecule has 0 radical (unpaired) electrons. The SMILES string of the molecule is CN(Cc1nc2ccccc2n1C)c1nc2c(cnn2C(C)(C)C)c(=O)[nH]1. The van der Waals surface area contributed by atoms with Crippen LogP contribution in [0.1, 0.15) is 26.6 Å². The van der Waals surface area contributed by atoms with Gasteiger partial charge in [0.1, 0.15) is 11.2 Å². The highest BCUT2D eigenvalue weighted by atomic mass is 16.1. The van der Waals surface area contributed by atoms with E-state index in [1.54, 1.807) is 10.9 Å². The van der Waals surface area contributed by atoms with Gasteiger partial charge in [-0.2, -0.15) is 10.1 Å². The number of nitrogens with zero attached hydrogens (tertiary/aromatic N) is 6. The fourth-order valence-corrected chi connectivity index (χ4v) is 3.20. The zero-order chi connectivity index (χ0) is 19.3. The van der Waals surface area contributed by atoms with E-state index < -0.39 is 0 Å². The topological polar surface area (TPSA) is 84.6 Å². The molecular formula is C19H23N7O. The molecule has 0 bridgehead atoms. The van der Waals surface area contributed by atoms with E-state index in [4.69, 9.17) is 4.98 Å². The van der Waals surface area contributed by atoms with Gasteiger partial charge in [-0.25, -0.2) is 9.67 Å². The molecule has 0 aliphatic heterocycles. The first kappa shape index (κ1) is 17.3. The molecule has 8 nitrogen and oxygen atoms in total. The third-order valence-corrected chi connectivity index (χ3v) is 4.68. The molecule has 0 amide bonds. The van der Waals surface area contributed by atoms with Crippen molar-refractivity contribution in [3.63, 3.8) is 0 Å². The third kappa shape index (κ3) is 2.87. The Bertz CT molecular complexity index is 1190. The van der Waals surface area contributed by atoms with Crippen molar-refractivity contribution in [2.24, 2.45) is 7.05 Å². The lowest BCUT2D eigenvalue weighted by atomic mass is 10.1. The summed E-state index contributed by atoms with van der Waals surface area (Å²) < 4.78 is 3.84. The van der Waals surface area contributed by atoms with Crippen molar-refractivity contribution >= 4 is 28.0 Å². The van der Waals surface area contributed by atoms with Gasteiger partial charge < -0.3 is 9.47 Å². The Morgan fingerprint density at radius 3 is 2.63 bits per heavy atom. The molecule has 4 aromatic rings. The molecule has 0 aliphatic carbocycles. The second-order valence-electron chi connectivity index (χ2n) is 7.79. The van der Waals surface area contributed by atoms with Crippen LogP contribution >= 0.6 is 0 Å². The van der Waals surface area contributed by atoms with Crippen LogP contribution < -0.4 is 10.5 Å². The maximum absolute atomic E-state index is 12.5. The molecule has 0 saturated heterocycles. The second-order valence-corrected chi connectivity index (χ2v) is 7.79. The number of H-pyrrole nitrogens is 1. The number of nitrogens with one attached hydrogen (secondary N) is 1. The smallest absolute Gasteiger partial charge is 0.263 e. The number of hydrogen-bond acceptors (Lipinski definition) is 5. The van der Waals surface area contributed by atoms with E-state index in [0.29, 0.717) is 23.5 Å². The van der Waals surface area contributed by atoms with E-state index in [-0.39, 0.29) is 11.1 Å². The van der Waals surface area contributed by atoms with Gasteiger partial charge in [0.05, 0.1) is 29.3 Å². The van der Waals surface area contributed by atoms with Gasteiger partial charge >= 0.3 is 0 Å². The van der Waals surface area contributed by atoms with E-state index in [9.17, 15) is 4.79 Å². The van der Waals surface area contributed by atoms with Crippen LogP contribution in [0.4, 0.5) is 5.95 Å². The van der Waals surface area contributed by atoms with Crippen LogP contribution in [0.2, 0.25) is 0 Å². The van der Waals surface area contributed by atoms with Crippen LogP contribution in [-0.4, -0.2) is 36.3 Å². The number of aromatic amines is 1. The van der Waals surface area contributed by atoms with Gasteiger partial charge in [-0.1, -0.05) is 12.1 Å². The molecule has 0 spiro atoms. The first-order valence-electron chi connectivity index (χ1n) is 8.86. The van der Waals surface area contributed by atoms with Gasteiger partial charge in [0.15, 0.2) is 5.65 Å². The molecule has 0 atom stereocenters. The highest BCUT2D eigenvalue weighted by Crippen LogP contribution is 2.20. The minimum absolute atomic E-state index is 0.192. The van der Waals surface area contributed by atoms with E-state index in [1.165, 1.54) is 0 Å². The van der Waals surface area contributed by atoms with E-state index in [0.717, 1.165) is 16.9 Å². The Morgan fingerprint density at radius 1 is 1.19 bits per heavy atom. The first-order chi connectivity index (χ1) is 12.8. The lowest BCUT2D eigenvalue weighted by molar-refractivity contribution is 0.366.